The molecule has 1 N–H and O–H groups in total. The van der Waals surface area contributed by atoms with Crippen LogP contribution in [0.1, 0.15) is 12.5 Å². The monoisotopic (exact) mass is 543 g/mol. The molecule has 190 valence electrons. The van der Waals surface area contributed by atoms with Crippen LogP contribution in [-0.4, -0.2) is 31.1 Å². The molecule has 11 heteroatoms. The summed E-state index contributed by atoms with van der Waals surface area (Å²) in [5, 5.41) is 16.8. The van der Waals surface area contributed by atoms with Crippen LogP contribution in [0.5, 0.6) is 0 Å². The van der Waals surface area contributed by atoms with E-state index in [2.05, 4.69) is 22.2 Å². The highest BCUT2D eigenvalue weighted by molar-refractivity contribution is 7.99. The van der Waals surface area contributed by atoms with Gasteiger partial charge in [0.25, 0.3) is 11.2 Å². The number of anilines is 1. The number of carbonyl (C=O) groups excluding carboxylic acids is 1. The van der Waals surface area contributed by atoms with Gasteiger partial charge in [-0.15, -0.1) is 11.3 Å². The molecule has 0 atom stereocenters. The fraction of sp³-hybridized carbons (Fsp3) is 0.111. The molecule has 5 rings (SSSR count). The fourth-order valence-electron chi connectivity index (χ4n) is 3.85. The largest absolute Gasteiger partial charge is 0.301 e. The van der Waals surface area contributed by atoms with Gasteiger partial charge in [0.1, 0.15) is 0 Å². The summed E-state index contributed by atoms with van der Waals surface area (Å²) in [5.74, 6) is -0.311. The number of hydrogen-bond acceptors (Lipinski definition) is 8. The van der Waals surface area contributed by atoms with E-state index in [-0.39, 0.29) is 22.9 Å². The molecule has 0 fully saturated rings. The molecule has 9 nitrogen and oxygen atoms in total. The van der Waals surface area contributed by atoms with Crippen LogP contribution in [0.25, 0.3) is 27.8 Å². The van der Waals surface area contributed by atoms with Crippen molar-refractivity contribution in [3.63, 3.8) is 0 Å². The van der Waals surface area contributed by atoms with Crippen LogP contribution in [-0.2, 0) is 11.2 Å². The third kappa shape index (κ3) is 5.34. The Kier molecular flexibility index (Phi) is 7.29. The number of thioether (sulfide) groups is 1. The Labute approximate surface area is 225 Å². The third-order valence-corrected chi connectivity index (χ3v) is 7.48. The van der Waals surface area contributed by atoms with Gasteiger partial charge in [-0.2, -0.15) is 0 Å². The van der Waals surface area contributed by atoms with Crippen molar-refractivity contribution in [1.29, 1.82) is 0 Å². The van der Waals surface area contributed by atoms with Crippen LogP contribution in [0.3, 0.4) is 0 Å². The van der Waals surface area contributed by atoms with Crippen LogP contribution in [0.2, 0.25) is 0 Å². The van der Waals surface area contributed by atoms with Crippen LogP contribution >= 0.6 is 23.1 Å². The fourth-order valence-corrected chi connectivity index (χ4v) is 5.39. The van der Waals surface area contributed by atoms with Gasteiger partial charge in [0.15, 0.2) is 10.3 Å². The lowest BCUT2D eigenvalue weighted by molar-refractivity contribution is -0.384. The van der Waals surface area contributed by atoms with Crippen LogP contribution < -0.4 is 10.9 Å². The quantitative estimate of drug-likeness (QED) is 0.115. The maximum absolute atomic E-state index is 13.4. The van der Waals surface area contributed by atoms with E-state index in [0.717, 1.165) is 23.7 Å². The van der Waals surface area contributed by atoms with Gasteiger partial charge < -0.3 is 5.32 Å². The zero-order valence-electron chi connectivity index (χ0n) is 20.2. The van der Waals surface area contributed by atoms with Gasteiger partial charge in [-0.1, -0.05) is 55.1 Å². The standard InChI is InChI=1S/C27H21N5O4S2/c1-2-17-10-12-19(13-11-17)31-25(34)21-8-3-4-9-22(21)29-27(31)38-16-24(33)30-26-28-23(15-37-26)18-6-5-7-20(14-18)32(35)36/h3-15H,2,16H2,1H3,(H,28,30,33). The van der Waals surface area contributed by atoms with Crippen LogP contribution in [0.15, 0.2) is 88.1 Å². The molecule has 5 aromatic rings. The first-order valence-corrected chi connectivity index (χ1v) is 13.5. The lowest BCUT2D eigenvalue weighted by atomic mass is 10.1. The second-order valence-corrected chi connectivity index (χ2v) is 10.1. The number of thiazole rings is 1. The summed E-state index contributed by atoms with van der Waals surface area (Å²) in [6.45, 7) is 2.06. The number of carbonyl (C=O) groups is 1. The van der Waals surface area contributed by atoms with Crippen molar-refractivity contribution in [1.82, 2.24) is 14.5 Å². The number of amides is 1. The summed E-state index contributed by atoms with van der Waals surface area (Å²) in [6, 6.07) is 21.0. The van der Waals surface area contributed by atoms with E-state index in [1.807, 2.05) is 30.3 Å². The lowest BCUT2D eigenvalue weighted by Gasteiger charge is -2.13. The first kappa shape index (κ1) is 25.3. The molecule has 38 heavy (non-hydrogen) atoms. The Balaban J connectivity index is 1.36. The topological polar surface area (TPSA) is 120 Å². The molecule has 1 amide bonds. The summed E-state index contributed by atoms with van der Waals surface area (Å²) in [5.41, 5.74) is 3.27. The van der Waals surface area contributed by atoms with Crippen molar-refractivity contribution in [3.8, 4) is 16.9 Å². The first-order valence-electron chi connectivity index (χ1n) is 11.7. The smallest absolute Gasteiger partial charge is 0.270 e. The predicted octanol–water partition coefficient (Wildman–Crippen LogP) is 5.71. The van der Waals surface area contributed by atoms with Crippen molar-refractivity contribution in [2.45, 2.75) is 18.5 Å². The van der Waals surface area contributed by atoms with Gasteiger partial charge in [0.2, 0.25) is 5.91 Å². The minimum atomic E-state index is -0.464. The number of hydrogen-bond donors (Lipinski definition) is 1. The molecule has 0 unspecified atom stereocenters. The molecule has 0 aliphatic rings. The molecular weight excluding hydrogens is 522 g/mol. The van der Waals surface area contributed by atoms with Crippen molar-refractivity contribution in [2.75, 3.05) is 11.1 Å². The van der Waals surface area contributed by atoms with Gasteiger partial charge in [-0.25, -0.2) is 9.97 Å². The maximum atomic E-state index is 13.4. The summed E-state index contributed by atoms with van der Waals surface area (Å²) in [4.78, 5) is 45.9. The van der Waals surface area contributed by atoms with E-state index < -0.39 is 4.92 Å². The van der Waals surface area contributed by atoms with Crippen molar-refractivity contribution in [3.05, 3.63) is 104 Å². The van der Waals surface area contributed by atoms with Crippen molar-refractivity contribution in [2.24, 2.45) is 0 Å². The number of aryl methyl sites for hydroxylation is 1. The highest BCUT2D eigenvalue weighted by atomic mass is 32.2. The summed E-state index contributed by atoms with van der Waals surface area (Å²) in [6.07, 6.45) is 0.882. The maximum Gasteiger partial charge on any atom is 0.270 e. The molecule has 0 aliphatic carbocycles. The minimum Gasteiger partial charge on any atom is -0.301 e. The Hall–Kier alpha value is -4.35. The molecule has 0 saturated heterocycles. The molecule has 0 aliphatic heterocycles. The van der Waals surface area contributed by atoms with E-state index >= 15 is 0 Å². The average molecular weight is 544 g/mol. The molecule has 0 bridgehead atoms. The van der Waals surface area contributed by atoms with Gasteiger partial charge in [0.05, 0.1) is 33.0 Å². The van der Waals surface area contributed by atoms with Crippen LogP contribution in [0.4, 0.5) is 10.8 Å². The van der Waals surface area contributed by atoms with Gasteiger partial charge in [0, 0.05) is 23.1 Å². The number of nitrogens with one attached hydrogen (secondary N) is 1. The average Bonchev–Trinajstić information content (AvgIpc) is 3.40. The number of rotatable bonds is 8. The number of nitrogens with zero attached hydrogens (tertiary/aromatic N) is 4. The van der Waals surface area contributed by atoms with E-state index in [1.54, 1.807) is 35.7 Å². The number of fused-ring (bicyclic) bond motifs is 1. The molecule has 2 heterocycles. The molecule has 0 spiro atoms. The van der Waals surface area contributed by atoms with E-state index in [4.69, 9.17) is 0 Å². The van der Waals surface area contributed by atoms with E-state index in [9.17, 15) is 19.7 Å². The minimum absolute atomic E-state index is 0.00352. The summed E-state index contributed by atoms with van der Waals surface area (Å²) >= 11 is 2.38. The van der Waals surface area contributed by atoms with Gasteiger partial charge >= 0.3 is 0 Å². The molecule has 3 aromatic carbocycles. The second kappa shape index (κ2) is 11.0. The number of para-hydroxylation sites is 1. The molecular formula is C27H21N5O4S2. The number of aromatic nitrogens is 3. The van der Waals surface area contributed by atoms with Gasteiger partial charge in [-0.05, 0) is 36.2 Å². The zero-order chi connectivity index (χ0) is 26.6. The number of benzene rings is 3. The van der Waals surface area contributed by atoms with Crippen molar-refractivity contribution < 1.29 is 9.72 Å². The Morgan fingerprint density at radius 1 is 1.08 bits per heavy atom. The van der Waals surface area contributed by atoms with Crippen LogP contribution in [0, 0.1) is 10.1 Å². The molecule has 0 radical (unpaired) electrons. The number of nitro benzene ring substituents is 1. The summed E-state index contributed by atoms with van der Waals surface area (Å²) in [7, 11) is 0. The number of nitro groups is 1. The molecule has 2 aromatic heterocycles. The predicted molar refractivity (Wildman–Crippen MR) is 150 cm³/mol. The highest BCUT2D eigenvalue weighted by Gasteiger charge is 2.16. The van der Waals surface area contributed by atoms with Crippen molar-refractivity contribution >= 4 is 50.7 Å². The Morgan fingerprint density at radius 3 is 2.63 bits per heavy atom. The summed E-state index contributed by atoms with van der Waals surface area (Å²) < 4.78 is 1.53. The van der Waals surface area contributed by atoms with Gasteiger partial charge in [-0.3, -0.25) is 24.3 Å². The second-order valence-electron chi connectivity index (χ2n) is 8.25. The normalized spacial score (nSPS) is 11.0. The molecule has 0 saturated carbocycles. The Morgan fingerprint density at radius 2 is 1.87 bits per heavy atom. The van der Waals surface area contributed by atoms with E-state index in [0.29, 0.717) is 38.1 Å². The highest BCUT2D eigenvalue weighted by Crippen LogP contribution is 2.28. The Bertz CT molecular complexity index is 1710. The number of non-ortho nitro benzene ring substituents is 1. The third-order valence-electron chi connectivity index (χ3n) is 5.78. The van der Waals surface area contributed by atoms with E-state index in [1.165, 1.54) is 28.0 Å². The zero-order valence-corrected chi connectivity index (χ0v) is 21.8. The SMILES string of the molecule is CCc1ccc(-n2c(SCC(=O)Nc3nc(-c4cccc([N+](=O)[O-])c4)cs3)nc3ccccc3c2=O)cc1. The lowest BCUT2D eigenvalue weighted by Crippen LogP contribution is -2.23. The first-order chi connectivity index (χ1) is 18.4.